The predicted octanol–water partition coefficient (Wildman–Crippen LogP) is 3.88. The molecular weight excluding hydrogens is 532 g/mol. The third-order valence-electron chi connectivity index (χ3n) is 8.05. The molecule has 204 valence electrons. The summed E-state index contributed by atoms with van der Waals surface area (Å²) in [5, 5.41) is 29.8. The van der Waals surface area contributed by atoms with E-state index in [2.05, 4.69) is 36.7 Å². The molecule has 6 unspecified atom stereocenters. The van der Waals surface area contributed by atoms with E-state index in [1.807, 2.05) is 6.07 Å². The number of halogens is 3. The van der Waals surface area contributed by atoms with E-state index in [-0.39, 0.29) is 35.1 Å². The van der Waals surface area contributed by atoms with Gasteiger partial charge >= 0.3 is 0 Å². The summed E-state index contributed by atoms with van der Waals surface area (Å²) in [6.07, 6.45) is -0.823. The minimum atomic E-state index is -1.22. The largest absolute Gasteiger partial charge is 0.390 e. The second kappa shape index (κ2) is 9.75. The summed E-state index contributed by atoms with van der Waals surface area (Å²) in [5.41, 5.74) is 0.400. The van der Waals surface area contributed by atoms with E-state index in [1.54, 1.807) is 18.2 Å². The van der Waals surface area contributed by atoms with Crippen molar-refractivity contribution in [2.75, 3.05) is 5.32 Å². The van der Waals surface area contributed by atoms with Gasteiger partial charge in [0.15, 0.2) is 0 Å². The van der Waals surface area contributed by atoms with Gasteiger partial charge in [-0.3, -0.25) is 9.59 Å². The van der Waals surface area contributed by atoms with Gasteiger partial charge in [0.1, 0.15) is 11.2 Å². The number of carbonyl (C=O) groups excluding carboxylic acids is 2. The maximum absolute atomic E-state index is 14.2. The number of hydrogen-bond donors (Lipinski definition) is 5. The Balaban J connectivity index is 1.67. The number of hydrogen-bond acceptors (Lipinski definition) is 5. The molecule has 10 heteroatoms. The van der Waals surface area contributed by atoms with Crippen molar-refractivity contribution in [2.45, 2.75) is 81.7 Å². The maximum atomic E-state index is 14.2. The van der Waals surface area contributed by atoms with Gasteiger partial charge in [-0.05, 0) is 60.1 Å². The van der Waals surface area contributed by atoms with Crippen molar-refractivity contribution in [3.05, 3.63) is 63.4 Å². The van der Waals surface area contributed by atoms with Crippen LogP contribution in [0.2, 0.25) is 10.0 Å². The number of aliphatic hydroxyl groups excluding tert-OH is 2. The van der Waals surface area contributed by atoms with Gasteiger partial charge in [0.25, 0.3) is 0 Å². The summed E-state index contributed by atoms with van der Waals surface area (Å²) < 4.78 is 14.2. The number of amides is 2. The maximum Gasteiger partial charge on any atom is 0.238 e. The lowest BCUT2D eigenvalue weighted by atomic mass is 9.62. The van der Waals surface area contributed by atoms with Crippen LogP contribution in [0, 0.1) is 11.2 Å². The standard InChI is InChI=1S/C28H32Cl2FN3O4/c1-27(2,3)12-22-28(16-6-5-14(29)9-19(16)33-26(28)38)23(13-4-7-18(31)17(30)8-13)24(34-22)25(37)32-15-10-20(35)21(36)11-15/h4-9,15,20-24,34-36H,10-12H2,1-3H3,(H,32,37)(H,33,38). The van der Waals surface area contributed by atoms with Crippen LogP contribution in [0.1, 0.15) is 57.1 Å². The van der Waals surface area contributed by atoms with Crippen molar-refractivity contribution in [2.24, 2.45) is 5.41 Å². The lowest BCUT2D eigenvalue weighted by molar-refractivity contribution is -0.124. The van der Waals surface area contributed by atoms with E-state index in [4.69, 9.17) is 23.2 Å². The number of benzene rings is 2. The van der Waals surface area contributed by atoms with E-state index in [0.717, 1.165) is 0 Å². The molecule has 1 saturated heterocycles. The fourth-order valence-electron chi connectivity index (χ4n) is 6.53. The Morgan fingerprint density at radius 1 is 1.13 bits per heavy atom. The normalized spacial score (nSPS) is 32.5. The first kappa shape index (κ1) is 27.3. The first-order valence-electron chi connectivity index (χ1n) is 12.8. The number of nitrogens with one attached hydrogen (secondary N) is 3. The van der Waals surface area contributed by atoms with Crippen LogP contribution < -0.4 is 16.0 Å². The van der Waals surface area contributed by atoms with Crippen LogP contribution in [0.4, 0.5) is 10.1 Å². The van der Waals surface area contributed by atoms with Gasteiger partial charge in [0.05, 0.1) is 23.3 Å². The van der Waals surface area contributed by atoms with E-state index >= 15 is 0 Å². The second-order valence-corrected chi connectivity index (χ2v) is 12.8. The Kier molecular flexibility index (Phi) is 7.02. The molecule has 0 aromatic heterocycles. The topological polar surface area (TPSA) is 111 Å². The van der Waals surface area contributed by atoms with Crippen LogP contribution in [-0.2, 0) is 15.0 Å². The van der Waals surface area contributed by atoms with Crippen LogP contribution in [0.3, 0.4) is 0 Å². The highest BCUT2D eigenvalue weighted by molar-refractivity contribution is 6.31. The minimum Gasteiger partial charge on any atom is -0.390 e. The number of anilines is 1. The van der Waals surface area contributed by atoms with Crippen LogP contribution in [0.15, 0.2) is 36.4 Å². The highest BCUT2D eigenvalue weighted by Gasteiger charge is 2.65. The highest BCUT2D eigenvalue weighted by atomic mass is 35.5. The van der Waals surface area contributed by atoms with Crippen molar-refractivity contribution in [1.82, 2.24) is 10.6 Å². The SMILES string of the molecule is CC(C)(C)CC1NC(C(=O)NC2CC(O)C(O)C2)C(c2ccc(F)c(Cl)c2)C12C(=O)Nc1cc(Cl)ccc12. The van der Waals surface area contributed by atoms with Gasteiger partial charge in [-0.2, -0.15) is 0 Å². The molecule has 2 aromatic carbocycles. The molecule has 3 aliphatic rings. The highest BCUT2D eigenvalue weighted by Crippen LogP contribution is 2.56. The van der Waals surface area contributed by atoms with Gasteiger partial charge in [-0.15, -0.1) is 0 Å². The van der Waals surface area contributed by atoms with Gasteiger partial charge in [0.2, 0.25) is 11.8 Å². The molecule has 1 saturated carbocycles. The third kappa shape index (κ3) is 4.60. The number of carbonyl (C=O) groups is 2. The second-order valence-electron chi connectivity index (χ2n) is 11.9. The molecule has 1 spiro atoms. The van der Waals surface area contributed by atoms with Crippen LogP contribution >= 0.6 is 23.2 Å². The van der Waals surface area contributed by atoms with Crippen molar-refractivity contribution in [1.29, 1.82) is 0 Å². The number of fused-ring (bicyclic) bond motifs is 2. The lowest BCUT2D eigenvalue weighted by Gasteiger charge is -2.37. The average molecular weight is 564 g/mol. The Hall–Kier alpha value is -2.23. The van der Waals surface area contributed by atoms with Gasteiger partial charge in [0, 0.05) is 28.7 Å². The van der Waals surface area contributed by atoms with E-state index in [9.17, 15) is 24.2 Å². The van der Waals surface area contributed by atoms with E-state index < -0.39 is 47.5 Å². The summed E-state index contributed by atoms with van der Waals surface area (Å²) in [7, 11) is 0. The van der Waals surface area contributed by atoms with Gasteiger partial charge in [-0.25, -0.2) is 4.39 Å². The van der Waals surface area contributed by atoms with Gasteiger partial charge < -0.3 is 26.2 Å². The number of aliphatic hydroxyl groups is 2. The van der Waals surface area contributed by atoms with Crippen molar-refractivity contribution in [3.8, 4) is 0 Å². The molecule has 2 amide bonds. The molecule has 0 radical (unpaired) electrons. The van der Waals surface area contributed by atoms with E-state index in [0.29, 0.717) is 28.3 Å². The summed E-state index contributed by atoms with van der Waals surface area (Å²) >= 11 is 12.5. The van der Waals surface area contributed by atoms with Crippen LogP contribution in [0.5, 0.6) is 0 Å². The fourth-order valence-corrected chi connectivity index (χ4v) is 6.89. The minimum absolute atomic E-state index is 0.104. The van der Waals surface area contributed by atoms with Crippen molar-refractivity contribution in [3.63, 3.8) is 0 Å². The Morgan fingerprint density at radius 2 is 1.82 bits per heavy atom. The van der Waals surface area contributed by atoms with Crippen molar-refractivity contribution < 1.29 is 24.2 Å². The van der Waals surface area contributed by atoms with Crippen molar-refractivity contribution >= 4 is 40.7 Å². The lowest BCUT2D eigenvalue weighted by Crippen LogP contribution is -2.49. The summed E-state index contributed by atoms with van der Waals surface area (Å²) in [6, 6.07) is 7.76. The molecule has 6 atom stereocenters. The zero-order valence-corrected chi connectivity index (χ0v) is 22.9. The Morgan fingerprint density at radius 3 is 2.45 bits per heavy atom. The molecule has 2 fully saturated rings. The molecule has 5 N–H and O–H groups in total. The zero-order valence-electron chi connectivity index (χ0n) is 21.4. The molecule has 2 heterocycles. The summed E-state index contributed by atoms with van der Waals surface area (Å²) in [4.78, 5) is 28.0. The monoisotopic (exact) mass is 563 g/mol. The predicted molar refractivity (Wildman–Crippen MR) is 144 cm³/mol. The average Bonchev–Trinajstić information content (AvgIpc) is 3.41. The molecular formula is C28H32Cl2FN3O4. The first-order valence-corrected chi connectivity index (χ1v) is 13.6. The number of rotatable bonds is 4. The molecule has 7 nitrogen and oxygen atoms in total. The molecule has 2 aliphatic heterocycles. The Labute approximate surface area is 231 Å². The van der Waals surface area contributed by atoms with Crippen LogP contribution in [0.25, 0.3) is 0 Å². The third-order valence-corrected chi connectivity index (χ3v) is 8.57. The summed E-state index contributed by atoms with van der Waals surface area (Å²) in [6.45, 7) is 6.20. The molecule has 0 bridgehead atoms. The fraction of sp³-hybridized carbons (Fsp3) is 0.500. The zero-order chi connectivity index (χ0) is 27.6. The Bertz CT molecular complexity index is 1280. The van der Waals surface area contributed by atoms with Crippen LogP contribution in [-0.4, -0.2) is 52.4 Å². The quantitative estimate of drug-likeness (QED) is 0.387. The smallest absolute Gasteiger partial charge is 0.238 e. The first-order chi connectivity index (χ1) is 17.8. The molecule has 2 aromatic rings. The van der Waals surface area contributed by atoms with Gasteiger partial charge in [-0.1, -0.05) is 56.1 Å². The molecule has 1 aliphatic carbocycles. The molecule has 38 heavy (non-hydrogen) atoms. The summed E-state index contributed by atoms with van der Waals surface area (Å²) in [5.74, 6) is -1.98. The van der Waals surface area contributed by atoms with E-state index in [1.165, 1.54) is 12.1 Å². The molecule has 5 rings (SSSR count).